The zero-order valence-corrected chi connectivity index (χ0v) is 7.56. The van der Waals surface area contributed by atoms with Crippen LogP contribution in [0.1, 0.15) is 12.5 Å². The number of anilines is 1. The van der Waals surface area contributed by atoms with Crippen molar-refractivity contribution in [2.24, 2.45) is 0 Å². The summed E-state index contributed by atoms with van der Waals surface area (Å²) >= 11 is 1.60. The van der Waals surface area contributed by atoms with Crippen molar-refractivity contribution in [1.82, 2.24) is 9.97 Å². The van der Waals surface area contributed by atoms with E-state index in [0.717, 1.165) is 22.2 Å². The molecule has 0 saturated heterocycles. The number of fused-ring (bicyclic) bond motifs is 1. The maximum atomic E-state index is 5.71. The molecule has 0 radical (unpaired) electrons. The molecule has 0 spiro atoms. The van der Waals surface area contributed by atoms with Crippen LogP contribution in [0.3, 0.4) is 0 Å². The van der Waals surface area contributed by atoms with Gasteiger partial charge in [0.2, 0.25) is 0 Å². The molecule has 0 saturated carbocycles. The average molecular weight is 179 g/mol. The van der Waals surface area contributed by atoms with Gasteiger partial charge in [0, 0.05) is 11.8 Å². The largest absolute Gasteiger partial charge is 0.383 e. The second kappa shape index (κ2) is 2.71. The van der Waals surface area contributed by atoms with Crippen molar-refractivity contribution < 1.29 is 0 Å². The number of rotatable bonds is 1. The summed E-state index contributed by atoms with van der Waals surface area (Å²) in [6, 6.07) is 0. The molecule has 0 aliphatic carbocycles. The molecule has 62 valence electrons. The van der Waals surface area contributed by atoms with E-state index in [1.165, 1.54) is 0 Å². The number of nitrogen functional groups attached to an aromatic ring is 1. The van der Waals surface area contributed by atoms with E-state index in [1.807, 2.05) is 5.51 Å². The molecule has 0 aliphatic heterocycles. The summed E-state index contributed by atoms with van der Waals surface area (Å²) in [4.78, 5) is 8.35. The smallest absolute Gasteiger partial charge is 0.128 e. The van der Waals surface area contributed by atoms with Gasteiger partial charge in [-0.3, -0.25) is 0 Å². The minimum Gasteiger partial charge on any atom is -0.383 e. The number of hydrogen-bond donors (Lipinski definition) is 1. The lowest BCUT2D eigenvalue weighted by molar-refractivity contribution is 1.13. The summed E-state index contributed by atoms with van der Waals surface area (Å²) in [6.45, 7) is 2.06. The topological polar surface area (TPSA) is 51.8 Å². The third-order valence-corrected chi connectivity index (χ3v) is 2.63. The molecule has 0 amide bonds. The molecule has 12 heavy (non-hydrogen) atoms. The number of thiazole rings is 1. The Morgan fingerprint density at radius 3 is 3.08 bits per heavy atom. The van der Waals surface area contributed by atoms with Crippen LogP contribution in [-0.2, 0) is 6.42 Å². The molecule has 0 aromatic carbocycles. The second-order valence-corrected chi connectivity index (χ2v) is 3.43. The van der Waals surface area contributed by atoms with E-state index in [1.54, 1.807) is 17.5 Å². The SMILES string of the molecule is CCc1c(N)ncc2scnc12. The van der Waals surface area contributed by atoms with Crippen molar-refractivity contribution in [3.05, 3.63) is 17.3 Å². The molecule has 0 fully saturated rings. The van der Waals surface area contributed by atoms with Crippen LogP contribution in [0, 0.1) is 0 Å². The number of pyridine rings is 1. The third kappa shape index (κ3) is 0.956. The third-order valence-electron chi connectivity index (χ3n) is 1.86. The van der Waals surface area contributed by atoms with Crippen molar-refractivity contribution >= 4 is 27.4 Å². The summed E-state index contributed by atoms with van der Waals surface area (Å²) in [7, 11) is 0. The Morgan fingerprint density at radius 1 is 1.50 bits per heavy atom. The predicted molar refractivity (Wildman–Crippen MR) is 51.2 cm³/mol. The fourth-order valence-corrected chi connectivity index (χ4v) is 1.92. The van der Waals surface area contributed by atoms with Crippen molar-refractivity contribution in [1.29, 1.82) is 0 Å². The van der Waals surface area contributed by atoms with Gasteiger partial charge in [-0.1, -0.05) is 6.92 Å². The standard InChI is InChI=1S/C8H9N3S/c1-2-5-7-6(12-4-11-7)3-10-8(5)9/h3-4H,2H2,1H3,(H2,9,10). The van der Waals surface area contributed by atoms with E-state index in [-0.39, 0.29) is 0 Å². The van der Waals surface area contributed by atoms with E-state index in [2.05, 4.69) is 16.9 Å². The van der Waals surface area contributed by atoms with Gasteiger partial charge < -0.3 is 5.73 Å². The van der Waals surface area contributed by atoms with Gasteiger partial charge in [-0.25, -0.2) is 9.97 Å². The normalized spacial score (nSPS) is 10.8. The zero-order chi connectivity index (χ0) is 8.55. The van der Waals surface area contributed by atoms with E-state index in [4.69, 9.17) is 5.73 Å². The van der Waals surface area contributed by atoms with Gasteiger partial charge in [-0.05, 0) is 6.42 Å². The summed E-state index contributed by atoms with van der Waals surface area (Å²) in [5.74, 6) is 0.607. The van der Waals surface area contributed by atoms with E-state index in [0.29, 0.717) is 5.82 Å². The lowest BCUT2D eigenvalue weighted by Gasteiger charge is -2.00. The minimum atomic E-state index is 0.607. The number of nitrogens with two attached hydrogens (primary N) is 1. The number of aryl methyl sites for hydroxylation is 1. The highest BCUT2D eigenvalue weighted by Gasteiger charge is 2.06. The first kappa shape index (κ1) is 7.49. The predicted octanol–water partition coefficient (Wildman–Crippen LogP) is 1.84. The second-order valence-electron chi connectivity index (χ2n) is 2.54. The first-order valence-electron chi connectivity index (χ1n) is 3.79. The fraction of sp³-hybridized carbons (Fsp3) is 0.250. The molecule has 2 aromatic heterocycles. The van der Waals surface area contributed by atoms with Crippen LogP contribution in [0.2, 0.25) is 0 Å². The summed E-state index contributed by atoms with van der Waals surface area (Å²) in [5.41, 5.74) is 9.61. The number of nitrogens with zero attached hydrogens (tertiary/aromatic N) is 2. The van der Waals surface area contributed by atoms with Gasteiger partial charge in [0.25, 0.3) is 0 Å². The van der Waals surface area contributed by atoms with Crippen LogP contribution in [-0.4, -0.2) is 9.97 Å². The minimum absolute atomic E-state index is 0.607. The molecule has 2 heterocycles. The molecule has 0 bridgehead atoms. The van der Waals surface area contributed by atoms with Crippen LogP contribution in [0.15, 0.2) is 11.7 Å². The number of hydrogen-bond acceptors (Lipinski definition) is 4. The van der Waals surface area contributed by atoms with Gasteiger partial charge in [0.15, 0.2) is 0 Å². The maximum Gasteiger partial charge on any atom is 0.128 e. The van der Waals surface area contributed by atoms with Crippen molar-refractivity contribution in [2.45, 2.75) is 13.3 Å². The van der Waals surface area contributed by atoms with Gasteiger partial charge in [0.1, 0.15) is 5.82 Å². The molecule has 3 nitrogen and oxygen atoms in total. The molecule has 0 unspecified atom stereocenters. The summed E-state index contributed by atoms with van der Waals surface area (Å²) in [5, 5.41) is 0. The Kier molecular flexibility index (Phi) is 1.69. The Hall–Kier alpha value is -1.16. The van der Waals surface area contributed by atoms with Gasteiger partial charge in [-0.15, -0.1) is 11.3 Å². The van der Waals surface area contributed by atoms with E-state index in [9.17, 15) is 0 Å². The van der Waals surface area contributed by atoms with Crippen molar-refractivity contribution in [3.63, 3.8) is 0 Å². The van der Waals surface area contributed by atoms with Crippen LogP contribution >= 0.6 is 11.3 Å². The van der Waals surface area contributed by atoms with Gasteiger partial charge >= 0.3 is 0 Å². The fourth-order valence-electron chi connectivity index (χ4n) is 1.25. The molecule has 2 rings (SSSR count). The molecule has 0 atom stereocenters. The highest BCUT2D eigenvalue weighted by atomic mass is 32.1. The van der Waals surface area contributed by atoms with Crippen LogP contribution < -0.4 is 5.73 Å². The van der Waals surface area contributed by atoms with Gasteiger partial charge in [0.05, 0.1) is 15.7 Å². The zero-order valence-electron chi connectivity index (χ0n) is 6.74. The molecule has 4 heteroatoms. The first-order chi connectivity index (χ1) is 5.83. The molecule has 2 N–H and O–H groups in total. The van der Waals surface area contributed by atoms with E-state index < -0.39 is 0 Å². The molecule has 2 aromatic rings. The lowest BCUT2D eigenvalue weighted by Crippen LogP contribution is -1.96. The Morgan fingerprint density at radius 2 is 2.33 bits per heavy atom. The van der Waals surface area contributed by atoms with Crippen LogP contribution in [0.4, 0.5) is 5.82 Å². The molecule has 0 aliphatic rings. The van der Waals surface area contributed by atoms with Crippen molar-refractivity contribution in [2.75, 3.05) is 5.73 Å². The quantitative estimate of drug-likeness (QED) is 0.726. The summed E-state index contributed by atoms with van der Waals surface area (Å²) < 4.78 is 1.11. The Bertz CT molecular complexity index is 408. The lowest BCUT2D eigenvalue weighted by atomic mass is 10.2. The molecular weight excluding hydrogens is 170 g/mol. The van der Waals surface area contributed by atoms with Crippen molar-refractivity contribution in [3.8, 4) is 0 Å². The van der Waals surface area contributed by atoms with Gasteiger partial charge in [-0.2, -0.15) is 0 Å². The summed E-state index contributed by atoms with van der Waals surface area (Å²) in [6.07, 6.45) is 2.67. The number of aromatic nitrogens is 2. The Labute approximate surface area is 74.3 Å². The van der Waals surface area contributed by atoms with E-state index >= 15 is 0 Å². The van der Waals surface area contributed by atoms with Crippen LogP contribution in [0.25, 0.3) is 10.2 Å². The van der Waals surface area contributed by atoms with Crippen LogP contribution in [0.5, 0.6) is 0 Å². The maximum absolute atomic E-state index is 5.71. The average Bonchev–Trinajstić information content (AvgIpc) is 2.52. The highest BCUT2D eigenvalue weighted by Crippen LogP contribution is 2.23. The first-order valence-corrected chi connectivity index (χ1v) is 4.67. The molecular formula is C8H9N3S. The highest BCUT2D eigenvalue weighted by molar-refractivity contribution is 7.16. The Balaban J connectivity index is 2.83. The monoisotopic (exact) mass is 179 g/mol.